The molecule has 1 atom stereocenters. The van der Waals surface area contributed by atoms with E-state index in [0.29, 0.717) is 6.04 Å². The van der Waals surface area contributed by atoms with Gasteiger partial charge < -0.3 is 15.7 Å². The predicted octanol–water partition coefficient (Wildman–Crippen LogP) is 2.05. The first-order valence-corrected chi connectivity index (χ1v) is 7.22. The van der Waals surface area contributed by atoms with Crippen molar-refractivity contribution in [3.8, 4) is 5.75 Å². The minimum Gasteiger partial charge on any atom is -0.508 e. The molecular formula is C16H22N2O2. The molecule has 0 bridgehead atoms. The minimum atomic E-state index is -0.0718. The Hall–Kier alpha value is -1.81. The van der Waals surface area contributed by atoms with E-state index in [1.165, 1.54) is 18.9 Å². The van der Waals surface area contributed by atoms with E-state index in [0.717, 1.165) is 31.5 Å². The number of hydrogen-bond donors (Lipinski definition) is 3. The van der Waals surface area contributed by atoms with Crippen LogP contribution in [-0.2, 0) is 4.79 Å². The molecular weight excluding hydrogens is 252 g/mol. The van der Waals surface area contributed by atoms with Gasteiger partial charge in [0.05, 0.1) is 0 Å². The van der Waals surface area contributed by atoms with Gasteiger partial charge in [-0.3, -0.25) is 4.79 Å². The molecule has 0 saturated carbocycles. The highest BCUT2D eigenvalue weighted by Crippen LogP contribution is 2.11. The van der Waals surface area contributed by atoms with Crippen LogP contribution < -0.4 is 10.6 Å². The first-order valence-electron chi connectivity index (χ1n) is 7.22. The van der Waals surface area contributed by atoms with Crippen LogP contribution in [0, 0.1) is 0 Å². The molecule has 0 aromatic heterocycles. The molecule has 2 rings (SSSR count). The molecule has 1 saturated heterocycles. The zero-order valence-corrected chi connectivity index (χ0v) is 11.6. The van der Waals surface area contributed by atoms with Crippen molar-refractivity contribution < 1.29 is 9.90 Å². The first-order chi connectivity index (χ1) is 9.74. The first kappa shape index (κ1) is 14.6. The lowest BCUT2D eigenvalue weighted by atomic mass is 10.1. The van der Waals surface area contributed by atoms with Gasteiger partial charge in [0.25, 0.3) is 0 Å². The molecule has 0 radical (unpaired) electrons. The maximum Gasteiger partial charge on any atom is 0.243 e. The van der Waals surface area contributed by atoms with E-state index >= 15 is 0 Å². The Morgan fingerprint density at radius 3 is 2.90 bits per heavy atom. The Kier molecular flexibility index (Phi) is 5.62. The van der Waals surface area contributed by atoms with Crippen molar-refractivity contribution in [2.75, 3.05) is 13.1 Å². The van der Waals surface area contributed by atoms with Crippen molar-refractivity contribution in [1.29, 1.82) is 0 Å². The van der Waals surface area contributed by atoms with E-state index < -0.39 is 0 Å². The van der Waals surface area contributed by atoms with Crippen LogP contribution in [0.25, 0.3) is 6.08 Å². The third-order valence-corrected chi connectivity index (χ3v) is 3.51. The van der Waals surface area contributed by atoms with E-state index in [1.54, 1.807) is 30.3 Å². The lowest BCUT2D eigenvalue weighted by molar-refractivity contribution is -0.116. The fourth-order valence-corrected chi connectivity index (χ4v) is 2.38. The average Bonchev–Trinajstić information content (AvgIpc) is 2.96. The molecule has 1 aromatic rings. The van der Waals surface area contributed by atoms with Gasteiger partial charge in [-0.1, -0.05) is 12.1 Å². The van der Waals surface area contributed by atoms with E-state index in [1.807, 2.05) is 0 Å². The van der Waals surface area contributed by atoms with Gasteiger partial charge >= 0.3 is 0 Å². The number of benzene rings is 1. The van der Waals surface area contributed by atoms with E-state index in [4.69, 9.17) is 5.11 Å². The minimum absolute atomic E-state index is 0.0718. The van der Waals surface area contributed by atoms with Gasteiger partial charge in [-0.15, -0.1) is 0 Å². The molecule has 1 aromatic carbocycles. The fraction of sp³-hybridized carbons (Fsp3) is 0.438. The summed E-state index contributed by atoms with van der Waals surface area (Å²) in [6.45, 7) is 1.85. The molecule has 1 aliphatic rings. The van der Waals surface area contributed by atoms with E-state index in [-0.39, 0.29) is 11.7 Å². The average molecular weight is 274 g/mol. The second-order valence-electron chi connectivity index (χ2n) is 5.15. The maximum atomic E-state index is 11.6. The van der Waals surface area contributed by atoms with Crippen LogP contribution >= 0.6 is 0 Å². The van der Waals surface area contributed by atoms with Crippen LogP contribution in [0.3, 0.4) is 0 Å². The molecule has 1 amide bonds. The summed E-state index contributed by atoms with van der Waals surface area (Å²) in [7, 11) is 0. The zero-order chi connectivity index (χ0) is 14.2. The van der Waals surface area contributed by atoms with Crippen LogP contribution in [0.1, 0.15) is 31.2 Å². The lowest BCUT2D eigenvalue weighted by Crippen LogP contribution is -2.26. The largest absolute Gasteiger partial charge is 0.508 e. The quantitative estimate of drug-likeness (QED) is 0.549. The molecule has 4 nitrogen and oxygen atoms in total. The van der Waals surface area contributed by atoms with Gasteiger partial charge in [0.1, 0.15) is 5.75 Å². The zero-order valence-electron chi connectivity index (χ0n) is 11.6. The van der Waals surface area contributed by atoms with Gasteiger partial charge in [-0.2, -0.15) is 0 Å². The normalized spacial score (nSPS) is 18.5. The van der Waals surface area contributed by atoms with Crippen molar-refractivity contribution in [1.82, 2.24) is 10.6 Å². The second kappa shape index (κ2) is 7.70. The number of hydrogen-bond acceptors (Lipinski definition) is 3. The molecule has 3 N–H and O–H groups in total. The molecule has 20 heavy (non-hydrogen) atoms. The Morgan fingerprint density at radius 2 is 2.20 bits per heavy atom. The standard InChI is InChI=1S/C16H22N2O2/c19-15-8-5-13(6-9-15)7-10-16(20)18-12-2-4-14-3-1-11-17-14/h5-10,14,17,19H,1-4,11-12H2,(H,18,20)/b10-7+. The highest BCUT2D eigenvalue weighted by Gasteiger charge is 2.12. The lowest BCUT2D eigenvalue weighted by Gasteiger charge is -2.09. The smallest absolute Gasteiger partial charge is 0.243 e. The Balaban J connectivity index is 1.63. The topological polar surface area (TPSA) is 61.4 Å². The van der Waals surface area contributed by atoms with Crippen LogP contribution in [0.15, 0.2) is 30.3 Å². The fourth-order valence-electron chi connectivity index (χ4n) is 2.38. The molecule has 1 heterocycles. The van der Waals surface area contributed by atoms with E-state index in [9.17, 15) is 4.79 Å². The number of phenolic OH excluding ortho intramolecular Hbond substituents is 1. The monoisotopic (exact) mass is 274 g/mol. The third kappa shape index (κ3) is 5.05. The van der Waals surface area contributed by atoms with Crippen LogP contribution in [0.5, 0.6) is 5.75 Å². The van der Waals surface area contributed by atoms with Crippen molar-refractivity contribution in [3.05, 3.63) is 35.9 Å². The predicted molar refractivity (Wildman–Crippen MR) is 80.4 cm³/mol. The number of aromatic hydroxyl groups is 1. The molecule has 108 valence electrons. The van der Waals surface area contributed by atoms with Crippen LogP contribution in [0.4, 0.5) is 0 Å². The van der Waals surface area contributed by atoms with Crippen molar-refractivity contribution >= 4 is 12.0 Å². The Bertz CT molecular complexity index is 448. The van der Waals surface area contributed by atoms with E-state index in [2.05, 4.69) is 10.6 Å². The van der Waals surface area contributed by atoms with Crippen molar-refractivity contribution in [2.45, 2.75) is 31.7 Å². The summed E-state index contributed by atoms with van der Waals surface area (Å²) < 4.78 is 0. The van der Waals surface area contributed by atoms with Crippen LogP contribution in [-0.4, -0.2) is 30.1 Å². The van der Waals surface area contributed by atoms with Crippen molar-refractivity contribution in [3.63, 3.8) is 0 Å². The molecule has 4 heteroatoms. The Labute approximate surface area is 119 Å². The molecule has 1 unspecified atom stereocenters. The summed E-state index contributed by atoms with van der Waals surface area (Å²) in [5, 5.41) is 15.5. The number of carbonyl (C=O) groups is 1. The second-order valence-corrected chi connectivity index (χ2v) is 5.15. The van der Waals surface area contributed by atoms with Crippen molar-refractivity contribution in [2.24, 2.45) is 0 Å². The SMILES string of the molecule is O=C(/C=C/c1ccc(O)cc1)NCCCC1CCCN1. The van der Waals surface area contributed by atoms with Gasteiger partial charge in [0.2, 0.25) is 5.91 Å². The maximum absolute atomic E-state index is 11.6. The Morgan fingerprint density at radius 1 is 1.40 bits per heavy atom. The number of carbonyl (C=O) groups excluding carboxylic acids is 1. The summed E-state index contributed by atoms with van der Waals surface area (Å²) in [6.07, 6.45) is 7.94. The number of amides is 1. The summed E-state index contributed by atoms with van der Waals surface area (Å²) in [6, 6.07) is 7.38. The summed E-state index contributed by atoms with van der Waals surface area (Å²) in [4.78, 5) is 11.6. The van der Waals surface area contributed by atoms with Crippen LogP contribution in [0.2, 0.25) is 0 Å². The number of rotatable bonds is 6. The van der Waals surface area contributed by atoms with Gasteiger partial charge in [0, 0.05) is 18.7 Å². The summed E-state index contributed by atoms with van der Waals surface area (Å²) >= 11 is 0. The summed E-state index contributed by atoms with van der Waals surface area (Å²) in [5.74, 6) is 0.157. The highest BCUT2D eigenvalue weighted by molar-refractivity contribution is 5.91. The molecule has 1 aliphatic heterocycles. The summed E-state index contributed by atoms with van der Waals surface area (Å²) in [5.41, 5.74) is 0.896. The third-order valence-electron chi connectivity index (χ3n) is 3.51. The molecule has 0 aliphatic carbocycles. The van der Waals surface area contributed by atoms with Gasteiger partial charge in [0.15, 0.2) is 0 Å². The molecule has 0 spiro atoms. The number of nitrogens with one attached hydrogen (secondary N) is 2. The number of phenols is 1. The van der Waals surface area contributed by atoms with Gasteiger partial charge in [-0.25, -0.2) is 0 Å². The van der Waals surface area contributed by atoms with Gasteiger partial charge in [-0.05, 0) is 56.0 Å². The molecule has 1 fully saturated rings. The highest BCUT2D eigenvalue weighted by atomic mass is 16.3.